The molecule has 2 nitrogen and oxygen atoms in total. The van der Waals surface area contributed by atoms with E-state index in [1.807, 2.05) is 0 Å². The second kappa shape index (κ2) is 8.57. The molecule has 0 rings (SSSR count). The molecule has 0 fully saturated rings. The van der Waals surface area contributed by atoms with Gasteiger partial charge in [0.15, 0.2) is 0 Å². The third-order valence-electron chi connectivity index (χ3n) is 1.96. The van der Waals surface area contributed by atoms with Crippen LogP contribution in [0.15, 0.2) is 0 Å². The largest absolute Gasteiger partial charge is 0.454 e. The van der Waals surface area contributed by atoms with Crippen molar-refractivity contribution in [2.75, 3.05) is 0 Å². The summed E-state index contributed by atoms with van der Waals surface area (Å²) < 4.78 is 4.82. The average Bonchev–Trinajstić information content (AvgIpc) is 2.06. The van der Waals surface area contributed by atoms with Gasteiger partial charge in [-0.2, -0.15) is 0 Å². The highest BCUT2D eigenvalue weighted by Crippen LogP contribution is 2.10. The first-order chi connectivity index (χ1) is 5.85. The standard InChI is InChI=1S/C10H19O2/c1-3-5-6-8-10(7-4-2)12-9-11/h10H,3-8H2,1-2H3. The van der Waals surface area contributed by atoms with Crippen molar-refractivity contribution in [3.63, 3.8) is 0 Å². The van der Waals surface area contributed by atoms with E-state index in [-0.39, 0.29) is 6.10 Å². The molecule has 0 aliphatic carbocycles. The van der Waals surface area contributed by atoms with Gasteiger partial charge < -0.3 is 4.74 Å². The van der Waals surface area contributed by atoms with Crippen LogP contribution >= 0.6 is 0 Å². The minimum atomic E-state index is 0.110. The van der Waals surface area contributed by atoms with Crippen molar-refractivity contribution < 1.29 is 9.53 Å². The van der Waals surface area contributed by atoms with Gasteiger partial charge in [-0.1, -0.05) is 33.1 Å². The van der Waals surface area contributed by atoms with Gasteiger partial charge in [0.05, 0.1) is 0 Å². The number of hydrogen-bond acceptors (Lipinski definition) is 2. The number of ether oxygens (including phenoxy) is 1. The van der Waals surface area contributed by atoms with Crippen LogP contribution in [0.4, 0.5) is 0 Å². The average molecular weight is 171 g/mol. The molecule has 0 aromatic rings. The van der Waals surface area contributed by atoms with Crippen molar-refractivity contribution in [2.45, 2.75) is 58.5 Å². The number of rotatable bonds is 8. The van der Waals surface area contributed by atoms with Crippen molar-refractivity contribution in [1.82, 2.24) is 0 Å². The summed E-state index contributed by atoms with van der Waals surface area (Å²) in [6.07, 6.45) is 6.74. The Labute approximate surface area is 75.3 Å². The van der Waals surface area contributed by atoms with E-state index >= 15 is 0 Å². The molecule has 1 unspecified atom stereocenters. The molecule has 0 aromatic carbocycles. The van der Waals surface area contributed by atoms with E-state index in [4.69, 9.17) is 4.74 Å². The van der Waals surface area contributed by atoms with E-state index in [1.165, 1.54) is 19.3 Å². The summed E-state index contributed by atoms with van der Waals surface area (Å²) in [5, 5.41) is 0. The molecule has 0 saturated heterocycles. The maximum absolute atomic E-state index is 9.98. The van der Waals surface area contributed by atoms with E-state index in [9.17, 15) is 4.79 Å². The van der Waals surface area contributed by atoms with Crippen LogP contribution in [0.25, 0.3) is 0 Å². The molecule has 0 heterocycles. The molecule has 12 heavy (non-hydrogen) atoms. The lowest BCUT2D eigenvalue weighted by Crippen LogP contribution is -2.11. The van der Waals surface area contributed by atoms with Crippen molar-refractivity contribution >= 4 is 6.47 Å². The summed E-state index contributed by atoms with van der Waals surface area (Å²) in [5.74, 6) is 0. The molecule has 0 saturated carbocycles. The molecule has 0 N–H and O–H groups in total. The van der Waals surface area contributed by atoms with E-state index in [2.05, 4.69) is 13.8 Å². The van der Waals surface area contributed by atoms with Crippen molar-refractivity contribution in [3.8, 4) is 0 Å². The van der Waals surface area contributed by atoms with Gasteiger partial charge in [0.2, 0.25) is 0 Å². The van der Waals surface area contributed by atoms with Gasteiger partial charge in [-0.05, 0) is 19.3 Å². The Balaban J connectivity index is 3.40. The van der Waals surface area contributed by atoms with Gasteiger partial charge in [0.1, 0.15) is 6.10 Å². The first-order valence-corrected chi connectivity index (χ1v) is 4.87. The lowest BCUT2D eigenvalue weighted by Gasteiger charge is -2.12. The molecular formula is C10H19O2. The van der Waals surface area contributed by atoms with Crippen LogP contribution in [0.1, 0.15) is 52.4 Å². The first kappa shape index (κ1) is 11.5. The number of carbonyl (C=O) groups excluding carboxylic acids is 1. The van der Waals surface area contributed by atoms with Crippen LogP contribution in [-0.4, -0.2) is 12.6 Å². The fourth-order valence-electron chi connectivity index (χ4n) is 1.27. The zero-order valence-corrected chi connectivity index (χ0v) is 8.14. The second-order valence-corrected chi connectivity index (χ2v) is 3.11. The SMILES string of the molecule is CCCCCC(CCC)O[C]=O. The first-order valence-electron chi connectivity index (χ1n) is 4.87. The third kappa shape index (κ3) is 6.20. The highest BCUT2D eigenvalue weighted by atomic mass is 16.5. The predicted molar refractivity (Wildman–Crippen MR) is 49.6 cm³/mol. The highest BCUT2D eigenvalue weighted by molar-refractivity contribution is 5.38. The van der Waals surface area contributed by atoms with Crippen LogP contribution < -0.4 is 0 Å². The monoisotopic (exact) mass is 171 g/mol. The van der Waals surface area contributed by atoms with Crippen LogP contribution in [0.2, 0.25) is 0 Å². The molecule has 0 aliphatic heterocycles. The van der Waals surface area contributed by atoms with Crippen LogP contribution in [0.3, 0.4) is 0 Å². The normalized spacial score (nSPS) is 12.5. The number of hydrogen-bond donors (Lipinski definition) is 0. The third-order valence-corrected chi connectivity index (χ3v) is 1.96. The lowest BCUT2D eigenvalue weighted by atomic mass is 10.1. The Morgan fingerprint density at radius 3 is 2.42 bits per heavy atom. The molecule has 1 radical (unpaired) electrons. The smallest absolute Gasteiger partial charge is 0.417 e. The second-order valence-electron chi connectivity index (χ2n) is 3.11. The van der Waals surface area contributed by atoms with Gasteiger partial charge in [-0.15, -0.1) is 0 Å². The molecule has 1 atom stereocenters. The van der Waals surface area contributed by atoms with E-state index < -0.39 is 0 Å². The summed E-state index contributed by atoms with van der Waals surface area (Å²) in [6, 6.07) is 0. The summed E-state index contributed by atoms with van der Waals surface area (Å²) >= 11 is 0. The van der Waals surface area contributed by atoms with Crippen molar-refractivity contribution in [2.24, 2.45) is 0 Å². The molecule has 0 amide bonds. The Bertz CT molecular complexity index is 102. The summed E-state index contributed by atoms with van der Waals surface area (Å²) in [6.45, 7) is 5.80. The quantitative estimate of drug-likeness (QED) is 0.525. The Kier molecular flexibility index (Phi) is 8.19. The fraction of sp³-hybridized carbons (Fsp3) is 0.900. The minimum Gasteiger partial charge on any atom is -0.454 e. The van der Waals surface area contributed by atoms with Crippen molar-refractivity contribution in [3.05, 3.63) is 0 Å². The van der Waals surface area contributed by atoms with Crippen LogP contribution in [0.5, 0.6) is 0 Å². The molecule has 0 aromatic heterocycles. The van der Waals surface area contributed by atoms with Crippen LogP contribution in [0, 0.1) is 0 Å². The zero-order chi connectivity index (χ0) is 9.23. The summed E-state index contributed by atoms with van der Waals surface area (Å²) in [7, 11) is 0. The maximum atomic E-state index is 9.98. The molecule has 2 heteroatoms. The fourth-order valence-corrected chi connectivity index (χ4v) is 1.27. The van der Waals surface area contributed by atoms with Crippen molar-refractivity contribution in [1.29, 1.82) is 0 Å². The van der Waals surface area contributed by atoms with Crippen LogP contribution in [-0.2, 0) is 9.53 Å². The lowest BCUT2D eigenvalue weighted by molar-refractivity contribution is 0.153. The molecule has 0 aliphatic rings. The molecule has 0 spiro atoms. The number of unbranched alkanes of at least 4 members (excludes halogenated alkanes) is 2. The Morgan fingerprint density at radius 2 is 1.92 bits per heavy atom. The zero-order valence-electron chi connectivity index (χ0n) is 8.14. The van der Waals surface area contributed by atoms with Gasteiger partial charge >= 0.3 is 6.47 Å². The van der Waals surface area contributed by atoms with Gasteiger partial charge in [0.25, 0.3) is 0 Å². The highest BCUT2D eigenvalue weighted by Gasteiger charge is 2.07. The Morgan fingerprint density at radius 1 is 1.17 bits per heavy atom. The van der Waals surface area contributed by atoms with Gasteiger partial charge in [-0.3, -0.25) is 0 Å². The van der Waals surface area contributed by atoms with E-state index in [1.54, 1.807) is 0 Å². The summed E-state index contributed by atoms with van der Waals surface area (Å²) in [4.78, 5) is 9.98. The van der Waals surface area contributed by atoms with E-state index in [0.29, 0.717) is 0 Å². The molecule has 0 bridgehead atoms. The topological polar surface area (TPSA) is 26.3 Å². The molecule has 71 valence electrons. The predicted octanol–water partition coefficient (Wildman–Crippen LogP) is 2.82. The van der Waals surface area contributed by atoms with Gasteiger partial charge in [-0.25, -0.2) is 4.79 Å². The molecular weight excluding hydrogens is 152 g/mol. The van der Waals surface area contributed by atoms with E-state index in [0.717, 1.165) is 25.7 Å². The Hall–Kier alpha value is -0.530. The van der Waals surface area contributed by atoms with Gasteiger partial charge in [0, 0.05) is 0 Å². The summed E-state index contributed by atoms with van der Waals surface area (Å²) in [5.41, 5.74) is 0. The maximum Gasteiger partial charge on any atom is 0.417 e. The minimum absolute atomic E-state index is 0.110.